The molecule has 0 aliphatic heterocycles. The molecular formula is C17H19NO2S. The quantitative estimate of drug-likeness (QED) is 0.831. The summed E-state index contributed by atoms with van der Waals surface area (Å²) in [6, 6.07) is 15.3. The van der Waals surface area contributed by atoms with Crippen molar-refractivity contribution in [2.75, 3.05) is 7.11 Å². The van der Waals surface area contributed by atoms with E-state index >= 15 is 0 Å². The third kappa shape index (κ3) is 4.53. The van der Waals surface area contributed by atoms with Gasteiger partial charge in [-0.1, -0.05) is 24.3 Å². The fraction of sp³-hybridized carbons (Fsp3) is 0.235. The minimum atomic E-state index is -0.0347. The van der Waals surface area contributed by atoms with Crippen LogP contribution in [-0.2, 0) is 11.2 Å². The molecule has 2 aromatic rings. The number of benzene rings is 2. The second-order valence-electron chi connectivity index (χ2n) is 4.91. The molecule has 4 heteroatoms. The molecule has 2 aromatic carbocycles. The summed E-state index contributed by atoms with van der Waals surface area (Å²) < 4.78 is 5.13. The van der Waals surface area contributed by atoms with Gasteiger partial charge in [-0.15, -0.1) is 12.6 Å². The number of carbonyl (C=O) groups excluding carboxylic acids is 1. The van der Waals surface area contributed by atoms with Crippen molar-refractivity contribution in [1.29, 1.82) is 0 Å². The summed E-state index contributed by atoms with van der Waals surface area (Å²) in [5.41, 5.74) is 2.03. The predicted molar refractivity (Wildman–Crippen MR) is 86.9 cm³/mol. The molecule has 0 saturated heterocycles. The molecule has 0 radical (unpaired) electrons. The van der Waals surface area contributed by atoms with Gasteiger partial charge in [0.2, 0.25) is 5.91 Å². The predicted octanol–water partition coefficient (Wildman–Crippen LogP) is 3.40. The molecule has 0 fully saturated rings. The maximum atomic E-state index is 12.0. The summed E-state index contributed by atoms with van der Waals surface area (Å²) >= 11 is 4.23. The molecule has 0 heterocycles. The van der Waals surface area contributed by atoms with Crippen molar-refractivity contribution in [3.63, 3.8) is 0 Å². The molecule has 0 bridgehead atoms. The summed E-state index contributed by atoms with van der Waals surface area (Å²) in [7, 11) is 1.64. The van der Waals surface area contributed by atoms with Gasteiger partial charge in [0.05, 0.1) is 19.6 Å². The molecule has 3 nitrogen and oxygen atoms in total. The van der Waals surface area contributed by atoms with Crippen LogP contribution in [0.3, 0.4) is 0 Å². The molecule has 21 heavy (non-hydrogen) atoms. The number of methoxy groups -OCH3 is 1. The first-order valence-electron chi connectivity index (χ1n) is 6.79. The number of rotatable bonds is 5. The minimum Gasteiger partial charge on any atom is -0.497 e. The highest BCUT2D eigenvalue weighted by molar-refractivity contribution is 7.80. The maximum Gasteiger partial charge on any atom is 0.224 e. The van der Waals surface area contributed by atoms with Crippen LogP contribution in [0.4, 0.5) is 0 Å². The highest BCUT2D eigenvalue weighted by Crippen LogP contribution is 2.17. The van der Waals surface area contributed by atoms with E-state index in [1.807, 2.05) is 55.5 Å². The van der Waals surface area contributed by atoms with Crippen LogP contribution in [0.25, 0.3) is 0 Å². The van der Waals surface area contributed by atoms with Gasteiger partial charge in [-0.25, -0.2) is 0 Å². The van der Waals surface area contributed by atoms with E-state index < -0.39 is 0 Å². The standard InChI is InChI=1S/C17H19NO2S/c1-12(14-5-7-15(20-2)8-6-14)18-17(19)11-13-3-9-16(21)10-4-13/h3-10,12,21H,11H2,1-2H3,(H,18,19). The van der Waals surface area contributed by atoms with E-state index in [1.54, 1.807) is 7.11 Å². The van der Waals surface area contributed by atoms with Gasteiger partial charge in [-0.2, -0.15) is 0 Å². The zero-order chi connectivity index (χ0) is 15.2. The third-order valence-corrected chi connectivity index (χ3v) is 3.59. The summed E-state index contributed by atoms with van der Waals surface area (Å²) in [6.45, 7) is 1.97. The van der Waals surface area contributed by atoms with Crippen LogP contribution in [0.2, 0.25) is 0 Å². The molecule has 0 spiro atoms. The van der Waals surface area contributed by atoms with Gasteiger partial charge in [-0.05, 0) is 42.3 Å². The Morgan fingerprint density at radius 2 is 1.76 bits per heavy atom. The van der Waals surface area contributed by atoms with E-state index in [0.29, 0.717) is 6.42 Å². The zero-order valence-electron chi connectivity index (χ0n) is 12.2. The van der Waals surface area contributed by atoms with Crippen molar-refractivity contribution in [2.45, 2.75) is 24.3 Å². The van der Waals surface area contributed by atoms with Gasteiger partial charge in [0.1, 0.15) is 5.75 Å². The Kier molecular flexibility index (Phi) is 5.28. The van der Waals surface area contributed by atoms with Crippen molar-refractivity contribution in [3.8, 4) is 5.75 Å². The van der Waals surface area contributed by atoms with Crippen LogP contribution >= 0.6 is 12.6 Å². The number of hydrogen-bond donors (Lipinski definition) is 2. The first kappa shape index (κ1) is 15.4. The van der Waals surface area contributed by atoms with Crippen molar-refractivity contribution in [2.24, 2.45) is 0 Å². The van der Waals surface area contributed by atoms with Crippen LogP contribution in [-0.4, -0.2) is 13.0 Å². The van der Waals surface area contributed by atoms with E-state index in [9.17, 15) is 4.79 Å². The van der Waals surface area contributed by atoms with Gasteiger partial charge in [0, 0.05) is 4.90 Å². The highest BCUT2D eigenvalue weighted by atomic mass is 32.1. The Morgan fingerprint density at radius 3 is 2.33 bits per heavy atom. The Morgan fingerprint density at radius 1 is 1.14 bits per heavy atom. The molecule has 110 valence electrons. The van der Waals surface area contributed by atoms with Gasteiger partial charge in [0.15, 0.2) is 0 Å². The fourth-order valence-corrected chi connectivity index (χ4v) is 2.22. The summed E-state index contributed by atoms with van der Waals surface area (Å²) in [5.74, 6) is 0.814. The zero-order valence-corrected chi connectivity index (χ0v) is 13.1. The van der Waals surface area contributed by atoms with E-state index in [2.05, 4.69) is 17.9 Å². The van der Waals surface area contributed by atoms with Gasteiger partial charge >= 0.3 is 0 Å². The van der Waals surface area contributed by atoms with Crippen LogP contribution in [0.5, 0.6) is 5.75 Å². The van der Waals surface area contributed by atoms with E-state index in [1.165, 1.54) is 0 Å². The molecule has 2 rings (SSSR count). The number of amides is 1. The molecule has 1 amide bonds. The molecule has 1 atom stereocenters. The lowest BCUT2D eigenvalue weighted by Crippen LogP contribution is -2.28. The van der Waals surface area contributed by atoms with Crippen molar-refractivity contribution >= 4 is 18.5 Å². The van der Waals surface area contributed by atoms with Crippen LogP contribution in [0, 0.1) is 0 Å². The smallest absolute Gasteiger partial charge is 0.224 e. The fourth-order valence-electron chi connectivity index (χ4n) is 2.07. The first-order chi connectivity index (χ1) is 10.1. The molecule has 1 N–H and O–H groups in total. The Balaban J connectivity index is 1.93. The first-order valence-corrected chi connectivity index (χ1v) is 7.24. The third-order valence-electron chi connectivity index (χ3n) is 3.29. The Labute approximate surface area is 130 Å². The van der Waals surface area contributed by atoms with E-state index in [4.69, 9.17) is 4.74 Å². The number of thiol groups is 1. The molecule has 0 saturated carbocycles. The topological polar surface area (TPSA) is 38.3 Å². The summed E-state index contributed by atoms with van der Waals surface area (Å²) in [6.07, 6.45) is 0.370. The van der Waals surface area contributed by atoms with Crippen LogP contribution in [0.1, 0.15) is 24.1 Å². The summed E-state index contributed by atoms with van der Waals surface area (Å²) in [4.78, 5) is 12.9. The van der Waals surface area contributed by atoms with Gasteiger partial charge in [0.25, 0.3) is 0 Å². The lowest BCUT2D eigenvalue weighted by molar-refractivity contribution is -0.121. The largest absolute Gasteiger partial charge is 0.497 e. The Bertz CT molecular complexity index is 593. The molecular weight excluding hydrogens is 282 g/mol. The number of nitrogens with one attached hydrogen (secondary N) is 1. The average Bonchev–Trinajstić information content (AvgIpc) is 2.49. The number of ether oxygens (including phenoxy) is 1. The number of hydrogen-bond acceptors (Lipinski definition) is 3. The second kappa shape index (κ2) is 7.18. The highest BCUT2D eigenvalue weighted by Gasteiger charge is 2.10. The lowest BCUT2D eigenvalue weighted by atomic mass is 10.1. The minimum absolute atomic E-state index is 0.00484. The van der Waals surface area contributed by atoms with Crippen molar-refractivity contribution in [3.05, 3.63) is 59.7 Å². The monoisotopic (exact) mass is 301 g/mol. The SMILES string of the molecule is COc1ccc(C(C)NC(=O)Cc2ccc(S)cc2)cc1. The van der Waals surface area contributed by atoms with Crippen molar-refractivity contribution in [1.82, 2.24) is 5.32 Å². The van der Waals surface area contributed by atoms with E-state index in [0.717, 1.165) is 21.8 Å². The average molecular weight is 301 g/mol. The normalized spacial score (nSPS) is 11.8. The lowest BCUT2D eigenvalue weighted by Gasteiger charge is -2.15. The van der Waals surface area contributed by atoms with Gasteiger partial charge < -0.3 is 10.1 Å². The second-order valence-corrected chi connectivity index (χ2v) is 5.42. The maximum absolute atomic E-state index is 12.0. The van der Waals surface area contributed by atoms with Crippen LogP contribution < -0.4 is 10.1 Å². The van der Waals surface area contributed by atoms with Gasteiger partial charge in [-0.3, -0.25) is 4.79 Å². The van der Waals surface area contributed by atoms with E-state index in [-0.39, 0.29) is 11.9 Å². The molecule has 0 aliphatic carbocycles. The number of carbonyl (C=O) groups is 1. The summed E-state index contributed by atoms with van der Waals surface area (Å²) in [5, 5.41) is 3.00. The Hall–Kier alpha value is -1.94. The van der Waals surface area contributed by atoms with Crippen LogP contribution in [0.15, 0.2) is 53.4 Å². The molecule has 0 aliphatic rings. The molecule has 0 aromatic heterocycles. The van der Waals surface area contributed by atoms with Crippen molar-refractivity contribution < 1.29 is 9.53 Å². The molecule has 1 unspecified atom stereocenters.